The molecule has 5 nitrogen and oxygen atoms in total. The lowest BCUT2D eigenvalue weighted by Gasteiger charge is -2.31. The Bertz CT molecular complexity index is 625. The van der Waals surface area contributed by atoms with E-state index in [4.69, 9.17) is 4.74 Å². The van der Waals surface area contributed by atoms with E-state index in [0.29, 0.717) is 12.1 Å². The van der Waals surface area contributed by atoms with Crippen molar-refractivity contribution in [2.75, 3.05) is 25.0 Å². The zero-order valence-corrected chi connectivity index (χ0v) is 14.6. The number of hydrogen-bond donors (Lipinski definition) is 2. The molecule has 124 valence electrons. The van der Waals surface area contributed by atoms with Crippen molar-refractivity contribution in [3.63, 3.8) is 0 Å². The molecule has 0 aromatic carbocycles. The third kappa shape index (κ3) is 3.74. The molecule has 2 aliphatic rings. The first kappa shape index (κ1) is 16.4. The number of fused-ring (bicyclic) bond motifs is 1. The Hall–Kier alpha value is -1.42. The van der Waals surface area contributed by atoms with Gasteiger partial charge >= 0.3 is 0 Å². The number of rotatable bonds is 3. The average Bonchev–Trinajstić information content (AvgIpc) is 2.82. The highest BCUT2D eigenvalue weighted by Crippen LogP contribution is 2.37. The number of aryl methyl sites for hydroxylation is 1. The van der Waals surface area contributed by atoms with Crippen LogP contribution in [0.15, 0.2) is 0 Å². The van der Waals surface area contributed by atoms with Crippen molar-refractivity contribution >= 4 is 22.2 Å². The van der Waals surface area contributed by atoms with Gasteiger partial charge in [0, 0.05) is 4.88 Å². The Labute approximate surface area is 141 Å². The summed E-state index contributed by atoms with van der Waals surface area (Å²) in [6, 6.07) is 2.30. The van der Waals surface area contributed by atoms with Crippen LogP contribution >= 0.6 is 11.3 Å². The number of morpholine rings is 1. The summed E-state index contributed by atoms with van der Waals surface area (Å²) in [4.78, 5) is 14.9. The molecular formula is C17H24N3O2S+. The largest absolute Gasteiger partial charge is 0.364 e. The van der Waals surface area contributed by atoms with Crippen molar-refractivity contribution in [2.24, 2.45) is 0 Å². The smallest absolute Gasteiger partial charge is 0.280 e. The molecule has 6 heteroatoms. The summed E-state index contributed by atoms with van der Waals surface area (Å²) in [5, 5.41) is 13.2. The molecule has 2 atom stereocenters. The van der Waals surface area contributed by atoms with Crippen LogP contribution in [0.3, 0.4) is 0 Å². The Morgan fingerprint density at radius 3 is 2.74 bits per heavy atom. The van der Waals surface area contributed by atoms with Gasteiger partial charge in [-0.25, -0.2) is 0 Å². The van der Waals surface area contributed by atoms with Crippen LogP contribution in [0, 0.1) is 11.3 Å². The van der Waals surface area contributed by atoms with Crippen molar-refractivity contribution < 1.29 is 14.4 Å². The van der Waals surface area contributed by atoms with Gasteiger partial charge in [-0.3, -0.25) is 4.79 Å². The highest BCUT2D eigenvalue weighted by Gasteiger charge is 2.28. The SMILES string of the molecule is C[C@@H]1C[NH+](CC(=O)Nc2sc3c(c2C#N)CCCC3)C[C@@H](C)O1. The summed E-state index contributed by atoms with van der Waals surface area (Å²) in [5.41, 5.74) is 1.86. The molecule has 0 bridgehead atoms. The standard InChI is InChI=1S/C17H23N3O2S/c1-11-8-20(9-12(2)22-11)10-16(21)19-17-14(7-18)13-5-3-4-6-15(13)23-17/h11-12H,3-6,8-10H2,1-2H3,(H,19,21)/p+1/t11-,12-/m1/s1. The fourth-order valence-electron chi connectivity index (χ4n) is 3.70. The van der Waals surface area contributed by atoms with Crippen LogP contribution in [-0.2, 0) is 22.4 Å². The highest BCUT2D eigenvalue weighted by atomic mass is 32.1. The van der Waals surface area contributed by atoms with Crippen LogP contribution in [0.25, 0.3) is 0 Å². The zero-order valence-electron chi connectivity index (χ0n) is 13.8. The predicted octanol–water partition coefficient (Wildman–Crippen LogP) is 1.13. The second-order valence-electron chi connectivity index (χ2n) is 6.67. The second kappa shape index (κ2) is 7.00. The van der Waals surface area contributed by atoms with Crippen molar-refractivity contribution in [1.82, 2.24) is 0 Å². The Morgan fingerprint density at radius 2 is 2.04 bits per heavy atom. The van der Waals surface area contributed by atoms with Crippen LogP contribution in [0.1, 0.15) is 42.7 Å². The number of anilines is 1. The van der Waals surface area contributed by atoms with Crippen LogP contribution in [0.4, 0.5) is 5.00 Å². The number of amides is 1. The summed E-state index contributed by atoms with van der Waals surface area (Å²) in [6.45, 7) is 6.24. The molecule has 1 aromatic heterocycles. The third-order valence-corrected chi connectivity index (χ3v) is 5.77. The van der Waals surface area contributed by atoms with Gasteiger partial charge in [0.2, 0.25) is 0 Å². The zero-order chi connectivity index (χ0) is 16.4. The number of ether oxygens (including phenoxy) is 1. The summed E-state index contributed by atoms with van der Waals surface area (Å²) >= 11 is 1.59. The number of hydrogen-bond acceptors (Lipinski definition) is 4. The number of thiophene rings is 1. The molecule has 1 amide bonds. The number of carbonyl (C=O) groups is 1. The first-order valence-electron chi connectivity index (χ1n) is 8.40. The van der Waals surface area contributed by atoms with Gasteiger partial charge in [-0.2, -0.15) is 5.26 Å². The van der Waals surface area contributed by atoms with Gasteiger partial charge in [0.25, 0.3) is 5.91 Å². The summed E-state index contributed by atoms with van der Waals surface area (Å²) < 4.78 is 5.71. The number of nitrogens with one attached hydrogen (secondary N) is 2. The molecule has 2 N–H and O–H groups in total. The minimum Gasteiger partial charge on any atom is -0.364 e. The molecule has 0 radical (unpaired) electrons. The lowest BCUT2D eigenvalue weighted by Crippen LogP contribution is -3.16. The minimum absolute atomic E-state index is 0.00334. The fraction of sp³-hybridized carbons (Fsp3) is 0.647. The maximum absolute atomic E-state index is 12.4. The van der Waals surface area contributed by atoms with E-state index in [1.165, 1.54) is 21.8 Å². The lowest BCUT2D eigenvalue weighted by atomic mass is 9.96. The van der Waals surface area contributed by atoms with Crippen molar-refractivity contribution in [2.45, 2.75) is 51.7 Å². The minimum atomic E-state index is -0.00334. The molecule has 1 fully saturated rings. The molecule has 1 saturated heterocycles. The molecular weight excluding hydrogens is 310 g/mol. The molecule has 0 unspecified atom stereocenters. The van der Waals surface area contributed by atoms with Gasteiger partial charge in [-0.05, 0) is 45.1 Å². The quantitative estimate of drug-likeness (QED) is 0.871. The van der Waals surface area contributed by atoms with Crippen LogP contribution in [0.2, 0.25) is 0 Å². The van der Waals surface area contributed by atoms with Crippen molar-refractivity contribution in [1.29, 1.82) is 5.26 Å². The van der Waals surface area contributed by atoms with Gasteiger partial charge in [0.15, 0.2) is 6.54 Å². The van der Waals surface area contributed by atoms with Crippen LogP contribution < -0.4 is 10.2 Å². The summed E-state index contributed by atoms with van der Waals surface area (Å²) in [5.74, 6) is -0.00334. The van der Waals surface area contributed by atoms with E-state index in [1.54, 1.807) is 11.3 Å². The molecule has 1 aliphatic carbocycles. The van der Waals surface area contributed by atoms with E-state index in [9.17, 15) is 10.1 Å². The van der Waals surface area contributed by atoms with E-state index >= 15 is 0 Å². The molecule has 3 rings (SSSR count). The van der Waals surface area contributed by atoms with Gasteiger partial charge in [0.05, 0.1) is 5.56 Å². The number of carbonyl (C=O) groups excluding carboxylic acids is 1. The van der Waals surface area contributed by atoms with Gasteiger partial charge in [0.1, 0.15) is 36.4 Å². The molecule has 23 heavy (non-hydrogen) atoms. The number of nitrogens with zero attached hydrogens (tertiary/aromatic N) is 1. The number of nitriles is 1. The fourth-order valence-corrected chi connectivity index (χ4v) is 4.96. The Balaban J connectivity index is 1.66. The highest BCUT2D eigenvalue weighted by molar-refractivity contribution is 7.16. The van der Waals surface area contributed by atoms with E-state index in [2.05, 4.69) is 25.2 Å². The van der Waals surface area contributed by atoms with Crippen molar-refractivity contribution in [3.05, 3.63) is 16.0 Å². The van der Waals surface area contributed by atoms with Crippen LogP contribution in [0.5, 0.6) is 0 Å². The Kier molecular flexibility index (Phi) is 5.00. The molecule has 2 heterocycles. The monoisotopic (exact) mass is 334 g/mol. The molecule has 1 aromatic rings. The van der Waals surface area contributed by atoms with E-state index in [1.807, 2.05) is 0 Å². The average molecular weight is 334 g/mol. The van der Waals surface area contributed by atoms with Gasteiger partial charge in [-0.15, -0.1) is 11.3 Å². The molecule has 0 saturated carbocycles. The van der Waals surface area contributed by atoms with Gasteiger partial charge in [-0.1, -0.05) is 0 Å². The maximum Gasteiger partial charge on any atom is 0.280 e. The molecule has 1 aliphatic heterocycles. The summed E-state index contributed by atoms with van der Waals surface area (Å²) in [7, 11) is 0. The lowest BCUT2D eigenvalue weighted by molar-refractivity contribution is -0.907. The molecule has 0 spiro atoms. The maximum atomic E-state index is 12.4. The van der Waals surface area contributed by atoms with E-state index in [0.717, 1.165) is 37.4 Å². The van der Waals surface area contributed by atoms with E-state index in [-0.39, 0.29) is 18.1 Å². The van der Waals surface area contributed by atoms with E-state index < -0.39 is 0 Å². The topological polar surface area (TPSA) is 66.6 Å². The van der Waals surface area contributed by atoms with Crippen LogP contribution in [-0.4, -0.2) is 37.7 Å². The van der Waals surface area contributed by atoms with Gasteiger partial charge < -0.3 is 15.0 Å². The summed E-state index contributed by atoms with van der Waals surface area (Å²) in [6.07, 6.45) is 4.69. The second-order valence-corrected chi connectivity index (χ2v) is 7.77. The first-order chi connectivity index (χ1) is 11.1. The normalized spacial score (nSPS) is 27.1. The Morgan fingerprint density at radius 1 is 1.35 bits per heavy atom. The first-order valence-corrected chi connectivity index (χ1v) is 9.22. The van der Waals surface area contributed by atoms with Crippen molar-refractivity contribution in [3.8, 4) is 6.07 Å². The number of quaternary nitrogens is 1. The third-order valence-electron chi connectivity index (χ3n) is 4.56. The predicted molar refractivity (Wildman–Crippen MR) is 89.9 cm³/mol.